The molecule has 0 heterocycles. The van der Waals surface area contributed by atoms with Crippen molar-refractivity contribution < 1.29 is 23.8 Å². The fourth-order valence-electron chi connectivity index (χ4n) is 2.80. The monoisotopic (exact) mass is 422 g/mol. The number of carbonyl (C=O) groups is 1. The van der Waals surface area contributed by atoms with Gasteiger partial charge < -0.3 is 9.84 Å². The van der Waals surface area contributed by atoms with Crippen molar-refractivity contribution in [3.05, 3.63) is 0 Å². The van der Waals surface area contributed by atoms with Crippen molar-refractivity contribution in [3.63, 3.8) is 0 Å². The number of aliphatic hydroxyl groups excluding tert-OH is 1. The number of ether oxygens (including phenoxy) is 1. The predicted octanol–water partition coefficient (Wildman–Crippen LogP) is 3.64. The van der Waals surface area contributed by atoms with E-state index >= 15 is 0 Å². The number of ketones is 1. The van der Waals surface area contributed by atoms with Crippen LogP contribution in [0.25, 0.3) is 0 Å². The largest absolute Gasteiger partial charge is 0.390 e. The molecule has 2 unspecified atom stereocenters. The first kappa shape index (κ1) is 26.7. The van der Waals surface area contributed by atoms with Gasteiger partial charge in [-0.1, -0.05) is 38.5 Å². The molecule has 0 spiro atoms. The number of aliphatic hydroxyl groups is 1. The molecule has 0 amide bonds. The molecule has 0 aromatic rings. The van der Waals surface area contributed by atoms with Gasteiger partial charge in [0, 0.05) is 19.2 Å². The van der Waals surface area contributed by atoms with Crippen LogP contribution < -0.4 is 11.3 Å². The van der Waals surface area contributed by atoms with Crippen molar-refractivity contribution in [1.29, 1.82) is 0 Å². The summed E-state index contributed by atoms with van der Waals surface area (Å²) in [5.41, 5.74) is 2.59. The minimum absolute atomic E-state index is 0.0896. The van der Waals surface area contributed by atoms with Gasteiger partial charge in [0.05, 0.1) is 24.9 Å². The molecule has 7 nitrogen and oxygen atoms in total. The molecule has 0 rings (SSSR count). The van der Waals surface area contributed by atoms with E-state index in [1.807, 2.05) is 0 Å². The Bertz CT molecular complexity index is 389. The highest BCUT2D eigenvalue weighted by atomic mass is 31.1. The molecule has 0 aliphatic heterocycles. The number of rotatable bonds is 21. The molecule has 9 heteroatoms. The smallest absolute Gasteiger partial charge is 0.158 e. The molecule has 0 radical (unpaired) electrons. The molecule has 158 valence electrons. The van der Waals surface area contributed by atoms with Gasteiger partial charge in [0.15, 0.2) is 22.7 Å². The number of nitrogens with two attached hydrogens (primary N) is 1. The van der Waals surface area contributed by atoms with E-state index in [4.69, 9.17) is 10.6 Å². The zero-order valence-electron chi connectivity index (χ0n) is 16.3. The highest BCUT2D eigenvalue weighted by Gasteiger charge is 2.15. The molecule has 0 aromatic heterocycles. The van der Waals surface area contributed by atoms with E-state index in [1.54, 1.807) is 0 Å². The van der Waals surface area contributed by atoms with E-state index in [0.29, 0.717) is 25.9 Å². The van der Waals surface area contributed by atoms with Gasteiger partial charge in [0.1, 0.15) is 0 Å². The van der Waals surface area contributed by atoms with E-state index in [9.17, 15) is 19.0 Å². The first-order valence-corrected chi connectivity index (χ1v) is 12.0. The van der Waals surface area contributed by atoms with Crippen LogP contribution in [-0.4, -0.2) is 48.6 Å². The molecule has 0 bridgehead atoms. The number of hydrogen-bond acceptors (Lipinski definition) is 7. The summed E-state index contributed by atoms with van der Waals surface area (Å²) in [5, 5.41) is 9.38. The number of Topliss-reactive ketones (excluding diaryl/α,β-unsaturated/α-hetero) is 1. The Labute approximate surface area is 166 Å². The second-order valence-corrected chi connectivity index (χ2v) is 8.13. The molecule has 0 aliphatic carbocycles. The number of hydrazine groups is 1. The van der Waals surface area contributed by atoms with Crippen molar-refractivity contribution in [3.8, 4) is 0 Å². The number of nitrogens with one attached hydrogen (secondary N) is 1. The van der Waals surface area contributed by atoms with E-state index in [1.165, 1.54) is 19.3 Å². The SMILES string of the molecule is NNC(CCCOCC(O)CP=O)C(=O)CCCCCCCCCCP=O. The fraction of sp³-hybridized carbons (Fsp3) is 0.944. The van der Waals surface area contributed by atoms with Crippen LogP contribution in [0, 0.1) is 0 Å². The number of carbonyl (C=O) groups excluding carboxylic acids is 1. The average Bonchev–Trinajstić information content (AvgIpc) is 2.66. The lowest BCUT2D eigenvalue weighted by Crippen LogP contribution is -2.41. The number of hydrogen-bond donors (Lipinski definition) is 3. The standard InChI is InChI=1S/C18H36N2O5P2/c19-20-17(10-9-12-25-14-16(21)15-27-24)18(22)11-7-5-3-1-2-4-6-8-13-26-23/h16-17,20-21H,1-15,19H2. The van der Waals surface area contributed by atoms with Crippen molar-refractivity contribution in [1.82, 2.24) is 5.43 Å². The van der Waals surface area contributed by atoms with E-state index in [2.05, 4.69) is 5.43 Å². The zero-order chi connectivity index (χ0) is 20.2. The Morgan fingerprint density at radius 1 is 0.963 bits per heavy atom. The average molecular weight is 422 g/mol. The number of unbranched alkanes of at least 4 members (excludes halogenated alkanes) is 7. The van der Waals surface area contributed by atoms with Crippen LogP contribution in [0.1, 0.15) is 70.6 Å². The van der Waals surface area contributed by atoms with Crippen LogP contribution in [0.15, 0.2) is 0 Å². The minimum Gasteiger partial charge on any atom is -0.390 e. The van der Waals surface area contributed by atoms with Gasteiger partial charge in [-0.05, 0) is 25.7 Å². The van der Waals surface area contributed by atoms with Crippen molar-refractivity contribution in [2.45, 2.75) is 82.8 Å². The Morgan fingerprint density at radius 2 is 1.59 bits per heavy atom. The summed E-state index contributed by atoms with van der Waals surface area (Å²) in [4.78, 5) is 12.2. The molecule has 2 atom stereocenters. The van der Waals surface area contributed by atoms with Crippen molar-refractivity contribution in [2.24, 2.45) is 5.84 Å². The summed E-state index contributed by atoms with van der Waals surface area (Å²) in [7, 11) is 0.165. The molecule has 0 fully saturated rings. The molecule has 0 saturated carbocycles. The van der Waals surface area contributed by atoms with Crippen LogP contribution >= 0.6 is 16.9 Å². The van der Waals surface area contributed by atoms with Crippen LogP contribution in [0.5, 0.6) is 0 Å². The van der Waals surface area contributed by atoms with Gasteiger partial charge in [-0.15, -0.1) is 0 Å². The minimum atomic E-state index is -0.716. The van der Waals surface area contributed by atoms with Crippen LogP contribution in [-0.2, 0) is 18.7 Å². The fourth-order valence-corrected chi connectivity index (χ4v) is 3.43. The lowest BCUT2D eigenvalue weighted by Gasteiger charge is -2.15. The van der Waals surface area contributed by atoms with Crippen LogP contribution in [0.4, 0.5) is 0 Å². The molecule has 0 aliphatic rings. The maximum Gasteiger partial charge on any atom is 0.158 e. The van der Waals surface area contributed by atoms with Gasteiger partial charge in [0.2, 0.25) is 0 Å². The molecular formula is C18H36N2O5P2. The summed E-state index contributed by atoms with van der Waals surface area (Å²) in [6, 6.07) is -0.348. The zero-order valence-corrected chi connectivity index (χ0v) is 18.1. The highest BCUT2D eigenvalue weighted by Crippen LogP contribution is 2.12. The molecule has 0 saturated heterocycles. The third kappa shape index (κ3) is 17.5. The Hall–Kier alpha value is -0.290. The van der Waals surface area contributed by atoms with E-state index < -0.39 is 6.10 Å². The Morgan fingerprint density at radius 3 is 2.19 bits per heavy atom. The van der Waals surface area contributed by atoms with Gasteiger partial charge in [-0.2, -0.15) is 0 Å². The quantitative estimate of drug-likeness (QED) is 0.112. The molecule has 27 heavy (non-hydrogen) atoms. The summed E-state index contributed by atoms with van der Waals surface area (Å²) in [5.74, 6) is 5.63. The van der Waals surface area contributed by atoms with Gasteiger partial charge in [0.25, 0.3) is 0 Å². The lowest BCUT2D eigenvalue weighted by molar-refractivity contribution is -0.121. The van der Waals surface area contributed by atoms with Gasteiger partial charge >= 0.3 is 0 Å². The summed E-state index contributed by atoms with van der Waals surface area (Å²) in [6.45, 7) is 0.592. The first-order chi connectivity index (χ1) is 13.2. The van der Waals surface area contributed by atoms with Crippen LogP contribution in [0.3, 0.4) is 0 Å². The second-order valence-electron chi connectivity index (χ2n) is 6.80. The topological polar surface area (TPSA) is 119 Å². The lowest BCUT2D eigenvalue weighted by atomic mass is 10.0. The van der Waals surface area contributed by atoms with Gasteiger partial charge in [-0.3, -0.25) is 19.8 Å². The Kier molecular flexibility index (Phi) is 20.2. The van der Waals surface area contributed by atoms with Crippen molar-refractivity contribution in [2.75, 3.05) is 25.5 Å². The van der Waals surface area contributed by atoms with Crippen LogP contribution in [0.2, 0.25) is 0 Å². The molecule has 0 aromatic carbocycles. The van der Waals surface area contributed by atoms with Gasteiger partial charge in [-0.25, -0.2) is 5.43 Å². The third-order valence-corrected chi connectivity index (χ3v) is 5.46. The maximum absolute atomic E-state index is 12.2. The second kappa shape index (κ2) is 20.4. The summed E-state index contributed by atoms with van der Waals surface area (Å²) >= 11 is 0. The third-order valence-electron chi connectivity index (χ3n) is 4.39. The molecule has 4 N–H and O–H groups in total. The molecular weight excluding hydrogens is 386 g/mol. The summed E-state index contributed by atoms with van der Waals surface area (Å²) < 4.78 is 25.9. The Balaban J connectivity index is 3.58. The summed E-state index contributed by atoms with van der Waals surface area (Å²) in [6.07, 6.45) is 10.9. The highest BCUT2D eigenvalue weighted by molar-refractivity contribution is 7.23. The van der Waals surface area contributed by atoms with E-state index in [0.717, 1.165) is 38.3 Å². The predicted molar refractivity (Wildman–Crippen MR) is 109 cm³/mol. The first-order valence-electron chi connectivity index (χ1n) is 9.98. The van der Waals surface area contributed by atoms with E-state index in [-0.39, 0.29) is 41.5 Å². The maximum atomic E-state index is 12.2. The van der Waals surface area contributed by atoms with Crippen molar-refractivity contribution >= 4 is 22.7 Å². The normalized spacial score (nSPS) is 13.9.